The summed E-state index contributed by atoms with van der Waals surface area (Å²) in [7, 11) is -3.03. The molecule has 0 aromatic heterocycles. The Morgan fingerprint density at radius 3 is 2.50 bits per heavy atom. The summed E-state index contributed by atoms with van der Waals surface area (Å²) in [5, 5.41) is 0.976. The van der Waals surface area contributed by atoms with Crippen LogP contribution in [-0.2, 0) is 9.84 Å². The summed E-state index contributed by atoms with van der Waals surface area (Å²) in [6.07, 6.45) is 0. The van der Waals surface area contributed by atoms with E-state index in [0.717, 1.165) is 5.41 Å². The molecule has 12 heavy (non-hydrogen) atoms. The third kappa shape index (κ3) is 8.39. The van der Waals surface area contributed by atoms with Crippen molar-refractivity contribution in [3.63, 3.8) is 0 Å². The van der Waals surface area contributed by atoms with E-state index in [9.17, 15) is 8.42 Å². The fourth-order valence-corrected chi connectivity index (χ4v) is 2.29. The van der Waals surface area contributed by atoms with E-state index in [-0.39, 0.29) is 23.5 Å². The smallest absolute Gasteiger partial charge is 0.171 e. The first-order valence-corrected chi connectivity index (χ1v) is 5.97. The summed E-state index contributed by atoms with van der Waals surface area (Å²) in [6.45, 7) is 5.03. The van der Waals surface area contributed by atoms with E-state index in [0.29, 0.717) is 5.75 Å². The van der Waals surface area contributed by atoms with Crippen LogP contribution in [0.25, 0.3) is 0 Å². The van der Waals surface area contributed by atoms with Crippen LogP contribution in [0.5, 0.6) is 0 Å². The highest BCUT2D eigenvalue weighted by Crippen LogP contribution is 2.05. The van der Waals surface area contributed by atoms with E-state index in [2.05, 4.69) is 6.58 Å². The number of hydrogen-bond acceptors (Lipinski definition) is 4. The van der Waals surface area contributed by atoms with Gasteiger partial charge < -0.3 is 5.73 Å². The van der Waals surface area contributed by atoms with Crippen molar-refractivity contribution in [1.82, 2.24) is 0 Å². The van der Waals surface area contributed by atoms with E-state index < -0.39 is 9.84 Å². The second kappa shape index (κ2) is 6.77. The summed E-state index contributed by atoms with van der Waals surface area (Å²) in [5.41, 5.74) is 5.41. The van der Waals surface area contributed by atoms with Crippen molar-refractivity contribution in [2.45, 2.75) is 12.3 Å². The van der Waals surface area contributed by atoms with Crippen molar-refractivity contribution in [1.29, 1.82) is 0 Å². The normalized spacial score (nSPS) is 13.2. The molecule has 6 heteroatoms. The van der Waals surface area contributed by atoms with Crippen molar-refractivity contribution >= 4 is 34.0 Å². The lowest BCUT2D eigenvalue weighted by molar-refractivity contribution is 0.606. The van der Waals surface area contributed by atoms with Crippen molar-refractivity contribution < 1.29 is 8.42 Å². The van der Waals surface area contributed by atoms with Gasteiger partial charge in [0.2, 0.25) is 0 Å². The molecule has 0 heterocycles. The highest BCUT2D eigenvalue weighted by Gasteiger charge is 2.04. The van der Waals surface area contributed by atoms with Crippen LogP contribution in [0.2, 0.25) is 0 Å². The first-order chi connectivity index (χ1) is 4.98. The molecule has 0 aromatic rings. The maximum atomic E-state index is 10.8. The predicted molar refractivity (Wildman–Crippen MR) is 57.3 cm³/mol. The van der Waals surface area contributed by atoms with Gasteiger partial charge in [-0.25, -0.2) is 8.42 Å². The van der Waals surface area contributed by atoms with Crippen molar-refractivity contribution in [2.75, 3.05) is 11.5 Å². The molecule has 74 valence electrons. The van der Waals surface area contributed by atoms with Gasteiger partial charge in [-0.1, -0.05) is 6.58 Å². The van der Waals surface area contributed by atoms with E-state index >= 15 is 0 Å². The molecular formula is C6H14ClNO2S2. The maximum Gasteiger partial charge on any atom is 0.171 e. The molecule has 2 N–H and O–H groups in total. The standard InChI is InChI=1S/C6H13NO2S2.ClH/c1-3-11(8,9)5-4-10-6(2)7;/h3,6H,1,4-5,7H2,2H3;1H. The zero-order chi connectivity index (χ0) is 8.91. The van der Waals surface area contributed by atoms with Crippen LogP contribution in [0.1, 0.15) is 6.92 Å². The first kappa shape index (κ1) is 14.8. The zero-order valence-electron chi connectivity index (χ0n) is 6.89. The van der Waals surface area contributed by atoms with Crippen molar-refractivity contribution in [3.8, 4) is 0 Å². The lowest BCUT2D eigenvalue weighted by Gasteiger charge is -2.02. The second-order valence-electron chi connectivity index (χ2n) is 2.11. The summed E-state index contributed by atoms with van der Waals surface area (Å²) in [6, 6.07) is 0. The van der Waals surface area contributed by atoms with Crippen LogP contribution in [0.15, 0.2) is 12.0 Å². The molecule has 0 rings (SSSR count). The number of sulfone groups is 1. The van der Waals surface area contributed by atoms with Gasteiger partial charge in [-0.3, -0.25) is 0 Å². The minimum atomic E-state index is -3.03. The van der Waals surface area contributed by atoms with Crippen LogP contribution in [0, 0.1) is 0 Å². The number of rotatable bonds is 5. The van der Waals surface area contributed by atoms with Gasteiger partial charge in [0.25, 0.3) is 0 Å². The fraction of sp³-hybridized carbons (Fsp3) is 0.667. The van der Waals surface area contributed by atoms with Gasteiger partial charge in [-0.15, -0.1) is 24.2 Å². The zero-order valence-corrected chi connectivity index (χ0v) is 9.34. The lowest BCUT2D eigenvalue weighted by Crippen LogP contribution is -2.13. The van der Waals surface area contributed by atoms with E-state index in [1.807, 2.05) is 6.92 Å². The Hall–Kier alpha value is 0.290. The van der Waals surface area contributed by atoms with Gasteiger partial charge >= 0.3 is 0 Å². The Kier molecular flexibility index (Phi) is 8.34. The number of hydrogen-bond donors (Lipinski definition) is 1. The van der Waals surface area contributed by atoms with Crippen LogP contribution in [0.3, 0.4) is 0 Å². The molecule has 0 aliphatic carbocycles. The fourth-order valence-electron chi connectivity index (χ4n) is 0.433. The van der Waals surface area contributed by atoms with Crippen LogP contribution in [0.4, 0.5) is 0 Å². The predicted octanol–water partition coefficient (Wildman–Crippen LogP) is 1.00. The second-order valence-corrected chi connectivity index (χ2v) is 5.66. The largest absolute Gasteiger partial charge is 0.320 e. The van der Waals surface area contributed by atoms with Crippen LogP contribution < -0.4 is 5.73 Å². The highest BCUT2D eigenvalue weighted by molar-refractivity contribution is 8.01. The molecule has 0 aliphatic rings. The van der Waals surface area contributed by atoms with Gasteiger partial charge in [0.1, 0.15) is 0 Å². The summed E-state index contributed by atoms with van der Waals surface area (Å²) in [5.74, 6) is 0.661. The van der Waals surface area contributed by atoms with Gasteiger partial charge in [0, 0.05) is 16.5 Å². The number of halogens is 1. The van der Waals surface area contributed by atoms with Crippen molar-refractivity contribution in [3.05, 3.63) is 12.0 Å². The van der Waals surface area contributed by atoms with Gasteiger partial charge in [-0.2, -0.15) is 0 Å². The molecule has 0 radical (unpaired) electrons. The Morgan fingerprint density at radius 2 is 2.17 bits per heavy atom. The quantitative estimate of drug-likeness (QED) is 0.718. The Morgan fingerprint density at radius 1 is 1.67 bits per heavy atom. The summed E-state index contributed by atoms with van der Waals surface area (Å²) >= 11 is 1.42. The molecule has 0 saturated carbocycles. The van der Waals surface area contributed by atoms with Crippen molar-refractivity contribution in [2.24, 2.45) is 5.73 Å². The average Bonchev–Trinajstić information content (AvgIpc) is 1.87. The molecule has 0 aromatic carbocycles. The molecule has 3 nitrogen and oxygen atoms in total. The number of nitrogens with two attached hydrogens (primary N) is 1. The van der Waals surface area contributed by atoms with Gasteiger partial charge in [0.15, 0.2) is 9.84 Å². The molecule has 0 spiro atoms. The van der Waals surface area contributed by atoms with E-state index in [1.165, 1.54) is 11.8 Å². The summed E-state index contributed by atoms with van der Waals surface area (Å²) < 4.78 is 21.6. The molecule has 0 bridgehead atoms. The molecule has 0 saturated heterocycles. The SMILES string of the molecule is C=CS(=O)(=O)CCSC(C)N.Cl. The monoisotopic (exact) mass is 231 g/mol. The van der Waals surface area contributed by atoms with E-state index in [4.69, 9.17) is 5.73 Å². The minimum absolute atomic E-state index is 0. The topological polar surface area (TPSA) is 60.2 Å². The third-order valence-corrected chi connectivity index (χ3v) is 3.51. The molecule has 0 amide bonds. The molecule has 0 aliphatic heterocycles. The third-order valence-electron chi connectivity index (χ3n) is 1.00. The van der Waals surface area contributed by atoms with E-state index in [1.54, 1.807) is 0 Å². The minimum Gasteiger partial charge on any atom is -0.320 e. The summed E-state index contributed by atoms with van der Waals surface area (Å²) in [4.78, 5) is 0. The average molecular weight is 232 g/mol. The Balaban J connectivity index is 0. The lowest BCUT2D eigenvalue weighted by atomic mass is 10.8. The number of thioether (sulfide) groups is 1. The Bertz CT molecular complexity index is 214. The highest BCUT2D eigenvalue weighted by atomic mass is 35.5. The molecule has 1 atom stereocenters. The molecule has 0 fully saturated rings. The maximum absolute atomic E-state index is 10.8. The Labute approximate surface area is 84.1 Å². The molecular weight excluding hydrogens is 218 g/mol. The van der Waals surface area contributed by atoms with Crippen LogP contribution in [-0.4, -0.2) is 25.3 Å². The van der Waals surface area contributed by atoms with Crippen LogP contribution >= 0.6 is 24.2 Å². The van der Waals surface area contributed by atoms with Gasteiger partial charge in [-0.05, 0) is 6.92 Å². The molecule has 1 unspecified atom stereocenters. The first-order valence-electron chi connectivity index (χ1n) is 3.20. The van der Waals surface area contributed by atoms with Gasteiger partial charge in [0.05, 0.1) is 5.75 Å².